The molecule has 78 valence electrons. The molecule has 1 aliphatic rings. The topological polar surface area (TPSA) is 0 Å². The van der Waals surface area contributed by atoms with Crippen molar-refractivity contribution >= 4 is 11.8 Å². The highest BCUT2D eigenvalue weighted by atomic mass is 32.2. The fraction of sp³-hybridized carbons (Fsp3) is 0.286. The van der Waals surface area contributed by atoms with Gasteiger partial charge in [-0.3, -0.25) is 0 Å². The highest BCUT2D eigenvalue weighted by Gasteiger charge is 2.06. The van der Waals surface area contributed by atoms with Gasteiger partial charge in [0.1, 0.15) is 0 Å². The van der Waals surface area contributed by atoms with Crippen LogP contribution >= 0.6 is 11.8 Å². The van der Waals surface area contributed by atoms with Crippen LogP contribution in [0.4, 0.5) is 0 Å². The van der Waals surface area contributed by atoms with Gasteiger partial charge in [0, 0.05) is 4.90 Å². The van der Waals surface area contributed by atoms with Crippen molar-refractivity contribution < 1.29 is 0 Å². The Kier molecular flexibility index (Phi) is 3.32. The molecule has 0 saturated heterocycles. The van der Waals surface area contributed by atoms with E-state index in [1.54, 1.807) is 0 Å². The molecule has 2 rings (SSSR count). The van der Waals surface area contributed by atoms with E-state index >= 15 is 0 Å². The van der Waals surface area contributed by atoms with Crippen molar-refractivity contribution in [2.75, 3.05) is 0 Å². The number of rotatable bonds is 0. The SMILES string of the molecule is C=C1CC/C=C\Cc2ccc(C)cc2S1. The number of benzene rings is 1. The van der Waals surface area contributed by atoms with Gasteiger partial charge in [-0.25, -0.2) is 0 Å². The first-order valence-electron chi connectivity index (χ1n) is 5.36. The smallest absolute Gasteiger partial charge is 0.0156 e. The molecule has 1 aliphatic heterocycles. The second-order valence-corrected chi connectivity index (χ2v) is 5.19. The number of hydrogen-bond acceptors (Lipinski definition) is 1. The summed E-state index contributed by atoms with van der Waals surface area (Å²) in [4.78, 5) is 2.65. The van der Waals surface area contributed by atoms with Crippen LogP contribution in [0.1, 0.15) is 24.0 Å². The fourth-order valence-corrected chi connectivity index (χ4v) is 2.76. The third-order valence-electron chi connectivity index (χ3n) is 2.57. The first-order valence-corrected chi connectivity index (χ1v) is 6.17. The zero-order chi connectivity index (χ0) is 10.7. The lowest BCUT2D eigenvalue weighted by Gasteiger charge is -2.08. The van der Waals surface area contributed by atoms with E-state index in [0.717, 1.165) is 19.3 Å². The molecule has 0 fully saturated rings. The van der Waals surface area contributed by atoms with E-state index in [1.165, 1.54) is 20.9 Å². The minimum Gasteiger partial charge on any atom is -0.0949 e. The molecule has 15 heavy (non-hydrogen) atoms. The van der Waals surface area contributed by atoms with Gasteiger partial charge in [0.05, 0.1) is 0 Å². The van der Waals surface area contributed by atoms with E-state index in [9.17, 15) is 0 Å². The Labute approximate surface area is 96.1 Å². The van der Waals surface area contributed by atoms with Crippen molar-refractivity contribution in [1.82, 2.24) is 0 Å². The molecule has 0 N–H and O–H groups in total. The quantitative estimate of drug-likeness (QED) is 0.576. The molecule has 0 radical (unpaired) electrons. The highest BCUT2D eigenvalue weighted by molar-refractivity contribution is 8.03. The maximum absolute atomic E-state index is 4.12. The van der Waals surface area contributed by atoms with E-state index in [2.05, 4.69) is 43.9 Å². The maximum Gasteiger partial charge on any atom is 0.0156 e. The minimum absolute atomic E-state index is 1.05. The van der Waals surface area contributed by atoms with Crippen LogP contribution in [0.3, 0.4) is 0 Å². The normalized spacial score (nSPS) is 18.6. The number of thioether (sulfide) groups is 1. The molecule has 0 nitrogen and oxygen atoms in total. The first kappa shape index (κ1) is 10.6. The van der Waals surface area contributed by atoms with Crippen LogP contribution in [0.15, 0.2) is 46.7 Å². The number of hydrogen-bond donors (Lipinski definition) is 0. The zero-order valence-electron chi connectivity index (χ0n) is 9.12. The molecule has 1 aromatic carbocycles. The van der Waals surface area contributed by atoms with Gasteiger partial charge in [-0.2, -0.15) is 0 Å². The average Bonchev–Trinajstić information content (AvgIpc) is 2.27. The van der Waals surface area contributed by atoms with E-state index in [4.69, 9.17) is 0 Å². The Bertz CT molecular complexity index is 402. The van der Waals surface area contributed by atoms with Crippen LogP contribution in [0, 0.1) is 6.92 Å². The van der Waals surface area contributed by atoms with Gasteiger partial charge in [0.15, 0.2) is 0 Å². The second-order valence-electron chi connectivity index (χ2n) is 3.97. The van der Waals surface area contributed by atoms with Crippen LogP contribution in [0.2, 0.25) is 0 Å². The van der Waals surface area contributed by atoms with Gasteiger partial charge in [-0.15, -0.1) is 0 Å². The Balaban J connectivity index is 2.37. The largest absolute Gasteiger partial charge is 0.0949 e. The van der Waals surface area contributed by atoms with Crippen LogP contribution in [0.5, 0.6) is 0 Å². The molecule has 0 bridgehead atoms. The molecule has 0 spiro atoms. The summed E-state index contributed by atoms with van der Waals surface area (Å²) in [5.41, 5.74) is 2.75. The van der Waals surface area contributed by atoms with Gasteiger partial charge >= 0.3 is 0 Å². The molecule has 1 heterocycles. The summed E-state index contributed by atoms with van der Waals surface area (Å²) in [6.07, 6.45) is 7.80. The predicted octanol–water partition coefficient (Wildman–Crippen LogP) is 4.49. The van der Waals surface area contributed by atoms with Crippen molar-refractivity contribution in [2.24, 2.45) is 0 Å². The lowest BCUT2D eigenvalue weighted by atomic mass is 10.1. The van der Waals surface area contributed by atoms with Gasteiger partial charge in [0.25, 0.3) is 0 Å². The van der Waals surface area contributed by atoms with E-state index in [-0.39, 0.29) is 0 Å². The summed E-state index contributed by atoms with van der Waals surface area (Å²) in [6, 6.07) is 6.69. The van der Waals surface area contributed by atoms with Crippen molar-refractivity contribution in [3.8, 4) is 0 Å². The number of allylic oxidation sites excluding steroid dienone is 3. The summed E-state index contributed by atoms with van der Waals surface area (Å²) < 4.78 is 0. The number of aryl methyl sites for hydroxylation is 1. The molecule has 1 aromatic rings. The standard InChI is InChI=1S/C14H16S/c1-11-8-9-13-7-5-3-4-6-12(2)15-14(13)10-11/h3,5,8-10H,2,4,6-7H2,1H3/b5-3-. The predicted molar refractivity (Wildman–Crippen MR) is 68.3 cm³/mol. The van der Waals surface area contributed by atoms with Crippen molar-refractivity contribution in [3.05, 3.63) is 53.0 Å². The van der Waals surface area contributed by atoms with Gasteiger partial charge < -0.3 is 0 Å². The Hall–Kier alpha value is -0.950. The molecule has 0 aromatic heterocycles. The Morgan fingerprint density at radius 3 is 3.00 bits per heavy atom. The second kappa shape index (κ2) is 4.71. The third kappa shape index (κ3) is 2.75. The summed E-state index contributed by atoms with van der Waals surface area (Å²) in [6.45, 7) is 6.26. The van der Waals surface area contributed by atoms with Crippen LogP contribution in [-0.2, 0) is 6.42 Å². The molecule has 0 unspecified atom stereocenters. The Morgan fingerprint density at radius 1 is 1.27 bits per heavy atom. The molecule has 0 amide bonds. The third-order valence-corrected chi connectivity index (χ3v) is 3.66. The number of fused-ring (bicyclic) bond motifs is 1. The highest BCUT2D eigenvalue weighted by Crippen LogP contribution is 2.33. The maximum atomic E-state index is 4.12. The lowest BCUT2D eigenvalue weighted by molar-refractivity contribution is 1.03. The molecule has 1 heteroatoms. The van der Waals surface area contributed by atoms with Gasteiger partial charge in [-0.05, 0) is 48.3 Å². The van der Waals surface area contributed by atoms with Crippen molar-refractivity contribution in [1.29, 1.82) is 0 Å². The minimum atomic E-state index is 1.05. The molecule has 0 atom stereocenters. The molecular formula is C14H16S. The van der Waals surface area contributed by atoms with E-state index < -0.39 is 0 Å². The fourth-order valence-electron chi connectivity index (χ4n) is 1.70. The lowest BCUT2D eigenvalue weighted by Crippen LogP contribution is -1.87. The monoisotopic (exact) mass is 216 g/mol. The zero-order valence-corrected chi connectivity index (χ0v) is 9.94. The molecule has 0 saturated carbocycles. The van der Waals surface area contributed by atoms with E-state index in [1.807, 2.05) is 11.8 Å². The molecule has 0 aliphatic carbocycles. The van der Waals surface area contributed by atoms with Gasteiger partial charge in [-0.1, -0.05) is 42.6 Å². The summed E-state index contributed by atoms with van der Waals surface area (Å²) >= 11 is 1.84. The summed E-state index contributed by atoms with van der Waals surface area (Å²) in [7, 11) is 0. The molecular weight excluding hydrogens is 200 g/mol. The summed E-state index contributed by atoms with van der Waals surface area (Å²) in [5.74, 6) is 0. The summed E-state index contributed by atoms with van der Waals surface area (Å²) in [5, 5.41) is 0. The average molecular weight is 216 g/mol. The Morgan fingerprint density at radius 2 is 2.13 bits per heavy atom. The van der Waals surface area contributed by atoms with E-state index in [0.29, 0.717) is 0 Å². The van der Waals surface area contributed by atoms with Crippen LogP contribution in [-0.4, -0.2) is 0 Å². The van der Waals surface area contributed by atoms with Crippen LogP contribution < -0.4 is 0 Å². The van der Waals surface area contributed by atoms with Crippen molar-refractivity contribution in [3.63, 3.8) is 0 Å². The van der Waals surface area contributed by atoms with Crippen LogP contribution in [0.25, 0.3) is 0 Å². The first-order chi connectivity index (χ1) is 7.25. The van der Waals surface area contributed by atoms with Gasteiger partial charge in [0.2, 0.25) is 0 Å². The van der Waals surface area contributed by atoms with Crippen molar-refractivity contribution in [2.45, 2.75) is 31.1 Å².